The Balaban J connectivity index is 1.63. The minimum Gasteiger partial charge on any atom is -0.459 e. The number of carbonyl (C=O) groups excluding carboxylic acids is 2. The number of hydrogen-bond donors (Lipinski definition) is 1. The van der Waals surface area contributed by atoms with Crippen molar-refractivity contribution in [1.29, 1.82) is 0 Å². The normalized spacial score (nSPS) is 17.7. The number of aryl methyl sites for hydroxylation is 1. The molecule has 0 bridgehead atoms. The van der Waals surface area contributed by atoms with Gasteiger partial charge in [0, 0.05) is 23.4 Å². The second-order valence-electron chi connectivity index (χ2n) is 9.02. The SMILES string of the molecule is CC(C)OC(=O)c1ccc(CCCN2C(=O)OCCC2C=CC(O)C(F)(F)c2cccc(C(F)(F)F)c2)s1. The number of nitrogens with zero attached hydrogens (tertiary/aromatic N) is 1. The van der Waals surface area contributed by atoms with E-state index in [0.29, 0.717) is 29.9 Å². The number of hydrogen-bond acceptors (Lipinski definition) is 6. The smallest absolute Gasteiger partial charge is 0.416 e. The molecule has 12 heteroatoms. The van der Waals surface area contributed by atoms with Gasteiger partial charge in [-0.15, -0.1) is 11.3 Å². The van der Waals surface area contributed by atoms with Gasteiger partial charge in [-0.25, -0.2) is 9.59 Å². The molecule has 2 aromatic rings. The molecule has 1 fully saturated rings. The third-order valence-electron chi connectivity index (χ3n) is 5.76. The van der Waals surface area contributed by atoms with Gasteiger partial charge in [0.15, 0.2) is 0 Å². The average Bonchev–Trinajstić information content (AvgIpc) is 3.32. The van der Waals surface area contributed by atoms with E-state index >= 15 is 0 Å². The average molecular weight is 562 g/mol. The van der Waals surface area contributed by atoms with Crippen LogP contribution in [0.2, 0.25) is 0 Å². The standard InChI is InChI=1S/C26H28F5NO5S/c1-16(2)37-23(34)21-10-9-20(38-21)7-4-13-32-19(12-14-36-24(32)35)8-11-22(33)25(27,28)17-5-3-6-18(15-17)26(29,30)31/h3,5-6,8-11,15-16,19,22,33H,4,7,12-14H2,1-2H3. The minimum atomic E-state index is -4.81. The maximum Gasteiger partial charge on any atom is 0.416 e. The lowest BCUT2D eigenvalue weighted by molar-refractivity contribution is -0.138. The molecule has 0 spiro atoms. The second-order valence-corrected chi connectivity index (χ2v) is 10.2. The number of esters is 1. The van der Waals surface area contributed by atoms with Crippen LogP contribution < -0.4 is 0 Å². The Morgan fingerprint density at radius 2 is 1.92 bits per heavy atom. The van der Waals surface area contributed by atoms with Gasteiger partial charge in [0.2, 0.25) is 0 Å². The van der Waals surface area contributed by atoms with Crippen LogP contribution in [0.5, 0.6) is 0 Å². The van der Waals surface area contributed by atoms with Crippen LogP contribution in [0.1, 0.15) is 52.4 Å². The molecule has 6 nitrogen and oxygen atoms in total. The van der Waals surface area contributed by atoms with Gasteiger partial charge < -0.3 is 19.5 Å². The molecule has 208 valence electrons. The number of alkyl halides is 5. The number of carbonyl (C=O) groups is 2. The number of aliphatic hydroxyl groups is 1. The van der Waals surface area contributed by atoms with E-state index in [1.54, 1.807) is 26.0 Å². The van der Waals surface area contributed by atoms with E-state index < -0.39 is 47.4 Å². The molecule has 2 unspecified atom stereocenters. The number of thiophene rings is 1. The van der Waals surface area contributed by atoms with E-state index in [4.69, 9.17) is 9.47 Å². The summed E-state index contributed by atoms with van der Waals surface area (Å²) in [7, 11) is 0. The summed E-state index contributed by atoms with van der Waals surface area (Å²) in [5.41, 5.74) is -2.22. The topological polar surface area (TPSA) is 76.1 Å². The first-order valence-electron chi connectivity index (χ1n) is 11.9. The highest BCUT2D eigenvalue weighted by atomic mass is 32.1. The van der Waals surface area contributed by atoms with Crippen molar-refractivity contribution in [2.75, 3.05) is 13.2 Å². The Morgan fingerprint density at radius 1 is 1.21 bits per heavy atom. The summed E-state index contributed by atoms with van der Waals surface area (Å²) < 4.78 is 78.5. The molecule has 1 aromatic heterocycles. The summed E-state index contributed by atoms with van der Waals surface area (Å²) >= 11 is 1.28. The Morgan fingerprint density at radius 3 is 2.61 bits per heavy atom. The van der Waals surface area contributed by atoms with E-state index in [-0.39, 0.29) is 25.7 Å². The highest BCUT2D eigenvalue weighted by Crippen LogP contribution is 2.37. The van der Waals surface area contributed by atoms with Crippen molar-refractivity contribution in [2.24, 2.45) is 0 Å². The number of amides is 1. The van der Waals surface area contributed by atoms with Crippen LogP contribution in [-0.4, -0.2) is 53.5 Å². The Labute approximate surface area is 220 Å². The van der Waals surface area contributed by atoms with Gasteiger partial charge >= 0.3 is 24.2 Å². The highest BCUT2D eigenvalue weighted by Gasteiger charge is 2.41. The lowest BCUT2D eigenvalue weighted by atomic mass is 9.99. The van der Waals surface area contributed by atoms with Crippen molar-refractivity contribution in [3.63, 3.8) is 0 Å². The number of aliphatic hydroxyl groups excluding tert-OH is 1. The van der Waals surface area contributed by atoms with Gasteiger partial charge in [-0.1, -0.05) is 24.3 Å². The van der Waals surface area contributed by atoms with E-state index in [2.05, 4.69) is 0 Å². The molecule has 1 aliphatic rings. The third kappa shape index (κ3) is 7.53. The van der Waals surface area contributed by atoms with Gasteiger partial charge in [0.1, 0.15) is 11.0 Å². The van der Waals surface area contributed by atoms with E-state index in [1.165, 1.54) is 22.3 Å². The number of rotatable bonds is 10. The monoisotopic (exact) mass is 561 g/mol. The molecule has 1 N–H and O–H groups in total. The van der Waals surface area contributed by atoms with Crippen molar-refractivity contribution in [2.45, 2.75) is 63.5 Å². The number of cyclic esters (lactones) is 1. The van der Waals surface area contributed by atoms with Crippen molar-refractivity contribution in [3.05, 3.63) is 69.4 Å². The zero-order valence-electron chi connectivity index (χ0n) is 20.7. The molecule has 2 atom stereocenters. The van der Waals surface area contributed by atoms with Crippen LogP contribution >= 0.6 is 11.3 Å². The fourth-order valence-electron chi connectivity index (χ4n) is 3.84. The van der Waals surface area contributed by atoms with Crippen LogP contribution in [-0.2, 0) is 28.0 Å². The predicted molar refractivity (Wildman–Crippen MR) is 130 cm³/mol. The van der Waals surface area contributed by atoms with Crippen LogP contribution in [0.4, 0.5) is 26.7 Å². The van der Waals surface area contributed by atoms with Crippen LogP contribution in [0.3, 0.4) is 0 Å². The molecule has 38 heavy (non-hydrogen) atoms. The molecule has 1 aliphatic heterocycles. The van der Waals surface area contributed by atoms with Crippen molar-refractivity contribution < 1.29 is 46.1 Å². The van der Waals surface area contributed by atoms with Gasteiger partial charge in [-0.3, -0.25) is 0 Å². The van der Waals surface area contributed by atoms with E-state index in [9.17, 15) is 36.6 Å². The third-order valence-corrected chi connectivity index (χ3v) is 6.89. The van der Waals surface area contributed by atoms with E-state index in [0.717, 1.165) is 23.1 Å². The van der Waals surface area contributed by atoms with Crippen LogP contribution in [0.25, 0.3) is 0 Å². The Kier molecular flexibility index (Phi) is 9.53. The maximum atomic E-state index is 14.8. The second kappa shape index (κ2) is 12.2. The van der Waals surface area contributed by atoms with E-state index in [1.807, 2.05) is 0 Å². The summed E-state index contributed by atoms with van der Waals surface area (Å²) in [6.45, 7) is 3.77. The van der Waals surface area contributed by atoms with Crippen LogP contribution in [0, 0.1) is 0 Å². The predicted octanol–water partition coefficient (Wildman–Crippen LogP) is 6.18. The van der Waals surface area contributed by atoms with Crippen LogP contribution in [0.15, 0.2) is 48.6 Å². The molecule has 1 aromatic carbocycles. The molecular weight excluding hydrogens is 533 g/mol. The van der Waals surface area contributed by atoms with Gasteiger partial charge in [-0.05, 0) is 51.0 Å². The maximum absolute atomic E-state index is 14.8. The Hall–Kier alpha value is -2.99. The molecule has 3 rings (SSSR count). The molecule has 0 aliphatic carbocycles. The zero-order chi connectivity index (χ0) is 28.1. The lowest BCUT2D eigenvalue weighted by Crippen LogP contribution is -2.45. The zero-order valence-corrected chi connectivity index (χ0v) is 21.5. The summed E-state index contributed by atoms with van der Waals surface area (Å²) in [5.74, 6) is -4.41. The van der Waals surface area contributed by atoms with Gasteiger partial charge in [0.05, 0.1) is 24.3 Å². The first-order chi connectivity index (χ1) is 17.8. The van der Waals surface area contributed by atoms with Gasteiger partial charge in [0.25, 0.3) is 0 Å². The lowest BCUT2D eigenvalue weighted by Gasteiger charge is -2.33. The minimum absolute atomic E-state index is 0.0523. The molecule has 2 heterocycles. The number of halogens is 5. The largest absolute Gasteiger partial charge is 0.459 e. The number of ether oxygens (including phenoxy) is 2. The van der Waals surface area contributed by atoms with Crippen molar-refractivity contribution in [3.8, 4) is 0 Å². The van der Waals surface area contributed by atoms with Crippen molar-refractivity contribution in [1.82, 2.24) is 4.90 Å². The van der Waals surface area contributed by atoms with Gasteiger partial charge in [-0.2, -0.15) is 22.0 Å². The molecule has 0 radical (unpaired) electrons. The fraction of sp³-hybridized carbons (Fsp3) is 0.462. The first kappa shape index (κ1) is 29.6. The summed E-state index contributed by atoms with van der Waals surface area (Å²) in [5, 5.41) is 10.1. The summed E-state index contributed by atoms with van der Waals surface area (Å²) in [6.07, 6.45) is -4.76. The fourth-order valence-corrected chi connectivity index (χ4v) is 4.78. The molecule has 0 saturated carbocycles. The molecule has 1 saturated heterocycles. The summed E-state index contributed by atoms with van der Waals surface area (Å²) in [4.78, 5) is 27.0. The van der Waals surface area contributed by atoms with Crippen molar-refractivity contribution >= 4 is 23.4 Å². The molecular formula is C26H28F5NO5S. The quantitative estimate of drug-likeness (QED) is 0.213. The summed E-state index contributed by atoms with van der Waals surface area (Å²) in [6, 6.07) is 5.45. The Bertz CT molecular complexity index is 1150. The first-order valence-corrected chi connectivity index (χ1v) is 12.8. The number of benzene rings is 1. The highest BCUT2D eigenvalue weighted by molar-refractivity contribution is 7.13. The molecule has 1 amide bonds.